The van der Waals surface area contributed by atoms with Crippen LogP contribution < -0.4 is 51.4 Å². The molecule has 0 spiro atoms. The summed E-state index contributed by atoms with van der Waals surface area (Å²) in [6.45, 7) is 3.51. The van der Waals surface area contributed by atoms with Gasteiger partial charge in [0.05, 0.1) is 6.26 Å². The number of rotatable bonds is 0. The van der Waals surface area contributed by atoms with Crippen LogP contribution in [-0.2, 0) is 0 Å². The normalized spacial score (nSPS) is 10.5. The molecule has 0 saturated carbocycles. The van der Waals surface area contributed by atoms with E-state index in [9.17, 15) is 51.8 Å². The van der Waals surface area contributed by atoms with Crippen molar-refractivity contribution in [2.75, 3.05) is 0 Å². The topological polar surface area (TPSA) is 13.1 Å². The van der Waals surface area contributed by atoms with E-state index in [1.807, 2.05) is 6.07 Å². The molecule has 128 valence electrons. The van der Waals surface area contributed by atoms with Crippen molar-refractivity contribution in [1.82, 2.24) is 0 Å². The Hall–Kier alpha value is 0.141. The van der Waals surface area contributed by atoms with Gasteiger partial charge in [-0.2, -0.15) is 6.07 Å². The van der Waals surface area contributed by atoms with Gasteiger partial charge >= 0.3 is 73.1 Å². The minimum absolute atomic E-state index is 0. The van der Waals surface area contributed by atoms with E-state index in [4.69, 9.17) is 4.42 Å². The van der Waals surface area contributed by atoms with Crippen LogP contribution in [0.15, 0.2) is 22.8 Å². The quantitative estimate of drug-likeness (QED) is 0.383. The summed E-state index contributed by atoms with van der Waals surface area (Å²) in [7, 11) is -18.0. The third-order valence-corrected chi connectivity index (χ3v) is 0.580. The molecule has 0 aliphatic carbocycles. The molecule has 0 saturated heterocycles. The minimum Gasteiger partial charge on any atom is -0.504 e. The molecule has 1 heterocycles. The van der Waals surface area contributed by atoms with Crippen molar-refractivity contribution in [2.24, 2.45) is 0 Å². The second-order valence-corrected chi connectivity index (χ2v) is 2.56. The Morgan fingerprint density at radius 3 is 0.955 bits per heavy atom. The van der Waals surface area contributed by atoms with Gasteiger partial charge in [-0.25, -0.2) is 6.92 Å². The van der Waals surface area contributed by atoms with Crippen molar-refractivity contribution in [3.05, 3.63) is 31.1 Å². The predicted molar refractivity (Wildman–Crippen MR) is 53.7 cm³/mol. The Morgan fingerprint density at radius 2 is 0.909 bits per heavy atom. The summed E-state index contributed by atoms with van der Waals surface area (Å²) in [4.78, 5) is 0. The first kappa shape index (κ1) is 30.1. The van der Waals surface area contributed by atoms with Crippen molar-refractivity contribution in [1.29, 1.82) is 0 Å². The summed E-state index contributed by atoms with van der Waals surface area (Å²) in [5.74, 6) is 0.718. The van der Waals surface area contributed by atoms with Crippen LogP contribution in [0.1, 0.15) is 5.76 Å². The summed E-state index contributed by atoms with van der Waals surface area (Å²) < 4.78 is 122. The van der Waals surface area contributed by atoms with Crippen molar-refractivity contribution < 1.29 is 108 Å². The van der Waals surface area contributed by atoms with Crippen LogP contribution in [0, 0.1) is 6.92 Å². The van der Waals surface area contributed by atoms with E-state index in [-0.39, 0.29) is 51.4 Å². The van der Waals surface area contributed by atoms with E-state index >= 15 is 0 Å². The molecule has 0 N–H and O–H groups in total. The standard InChI is InChI=1S/C5H5O.3BF4.K/c1-5-3-2-4-6-5;3*2-1(3,4)5;/h2-4H,1H2;;;;/q4*-1;+1. The molecule has 0 aliphatic rings. The van der Waals surface area contributed by atoms with Crippen molar-refractivity contribution in [3.8, 4) is 0 Å². The zero-order chi connectivity index (χ0) is 17.9. The van der Waals surface area contributed by atoms with Gasteiger partial charge < -0.3 is 56.2 Å². The van der Waals surface area contributed by atoms with Crippen molar-refractivity contribution in [2.45, 2.75) is 0 Å². The van der Waals surface area contributed by atoms with E-state index < -0.39 is 21.8 Å². The van der Waals surface area contributed by atoms with Gasteiger partial charge in [0.1, 0.15) is 0 Å². The fourth-order valence-corrected chi connectivity index (χ4v) is 0.313. The zero-order valence-electron chi connectivity index (χ0n) is 10.6. The van der Waals surface area contributed by atoms with Gasteiger partial charge in [0.15, 0.2) is 0 Å². The van der Waals surface area contributed by atoms with Crippen molar-refractivity contribution in [3.63, 3.8) is 0 Å². The maximum absolute atomic E-state index is 9.75. The maximum atomic E-state index is 9.75. The maximum Gasteiger partial charge on any atom is 1.00 e. The second-order valence-electron chi connectivity index (χ2n) is 2.56. The minimum atomic E-state index is -6.00. The van der Waals surface area contributed by atoms with E-state index in [1.165, 1.54) is 0 Å². The Labute approximate surface area is 159 Å². The first-order valence-electron chi connectivity index (χ1n) is 4.37. The third kappa shape index (κ3) is 145. The predicted octanol–water partition coefficient (Wildman–Crippen LogP) is 2.37. The molecule has 1 nitrogen and oxygen atoms in total. The molecule has 1 aromatic heterocycles. The molecule has 0 fully saturated rings. The third-order valence-electron chi connectivity index (χ3n) is 0.580. The first-order valence-corrected chi connectivity index (χ1v) is 4.37. The second kappa shape index (κ2) is 13.6. The van der Waals surface area contributed by atoms with Gasteiger partial charge in [0.25, 0.3) is 0 Å². The van der Waals surface area contributed by atoms with Gasteiger partial charge in [-0.3, -0.25) is 0 Å². The Bertz CT molecular complexity index is 285. The number of hydrogen-bond donors (Lipinski definition) is 0. The summed E-state index contributed by atoms with van der Waals surface area (Å²) >= 11 is 0. The van der Waals surface area contributed by atoms with Crippen LogP contribution in [0.25, 0.3) is 0 Å². The van der Waals surface area contributed by atoms with E-state index in [1.54, 1.807) is 12.3 Å². The van der Waals surface area contributed by atoms with Gasteiger partial charge in [0.2, 0.25) is 0 Å². The van der Waals surface area contributed by atoms with Gasteiger partial charge in [-0.15, -0.1) is 6.07 Å². The molecule has 0 radical (unpaired) electrons. The molecule has 0 bridgehead atoms. The van der Waals surface area contributed by atoms with E-state index in [2.05, 4.69) is 6.92 Å². The molecule has 0 amide bonds. The van der Waals surface area contributed by atoms with Crippen LogP contribution in [0.4, 0.5) is 51.8 Å². The first-order chi connectivity index (χ1) is 8.89. The summed E-state index contributed by atoms with van der Waals surface area (Å²) in [5, 5.41) is 0. The summed E-state index contributed by atoms with van der Waals surface area (Å²) in [6, 6.07) is 3.61. The average molecular weight is 381 g/mol. The summed E-state index contributed by atoms with van der Waals surface area (Å²) in [5.41, 5.74) is 0. The van der Waals surface area contributed by atoms with Crippen LogP contribution >= 0.6 is 0 Å². The van der Waals surface area contributed by atoms with E-state index in [0.29, 0.717) is 0 Å². The van der Waals surface area contributed by atoms with Crippen LogP contribution in [-0.4, -0.2) is 21.8 Å². The molecule has 17 heteroatoms. The average Bonchev–Trinajstić information content (AvgIpc) is 2.44. The molecule has 0 atom stereocenters. The number of hydrogen-bond acceptors (Lipinski definition) is 1. The number of halogens is 12. The number of furan rings is 1. The molecule has 0 unspecified atom stereocenters. The molecule has 22 heavy (non-hydrogen) atoms. The molecular formula is C5H5B3F12KO-3. The molecular weight excluding hydrogens is 376 g/mol. The Kier molecular flexibility index (Phi) is 18.5. The molecule has 1 rings (SSSR count). The fraction of sp³-hybridized carbons (Fsp3) is 0. The van der Waals surface area contributed by atoms with E-state index in [0.717, 1.165) is 5.76 Å². The monoisotopic (exact) mass is 381 g/mol. The summed E-state index contributed by atoms with van der Waals surface area (Å²) in [6.07, 6.45) is 1.60. The fourth-order valence-electron chi connectivity index (χ4n) is 0.313. The zero-order valence-corrected chi connectivity index (χ0v) is 13.7. The van der Waals surface area contributed by atoms with Crippen LogP contribution in [0.3, 0.4) is 0 Å². The molecule has 1 aromatic rings. The molecule has 0 aromatic carbocycles. The van der Waals surface area contributed by atoms with Crippen LogP contribution in [0.2, 0.25) is 0 Å². The van der Waals surface area contributed by atoms with Gasteiger partial charge in [0, 0.05) is 0 Å². The smallest absolute Gasteiger partial charge is 0.504 e. The largest absolute Gasteiger partial charge is 1.00 e. The molecule has 0 aliphatic heterocycles. The van der Waals surface area contributed by atoms with Gasteiger partial charge in [-0.05, 0) is 5.76 Å². The Balaban J connectivity index is -0.0000000973. The van der Waals surface area contributed by atoms with Gasteiger partial charge in [-0.1, -0.05) is 0 Å². The van der Waals surface area contributed by atoms with Crippen LogP contribution in [0.5, 0.6) is 0 Å². The Morgan fingerprint density at radius 1 is 0.682 bits per heavy atom. The van der Waals surface area contributed by atoms with Crippen molar-refractivity contribution >= 4 is 21.8 Å². The SMILES string of the molecule is F[B-](F)(F)F.F[B-](F)(F)F.F[B-](F)(F)F.[CH2-]c1ccco1.[K+].